The molecule has 0 spiro atoms. The molecule has 0 radical (unpaired) electrons. The smallest absolute Gasteiger partial charge is 0.237 e. The van der Waals surface area contributed by atoms with Gasteiger partial charge in [0, 0.05) is 18.0 Å². The number of aromatic hydroxyl groups is 1. The van der Waals surface area contributed by atoms with Crippen molar-refractivity contribution in [3.8, 4) is 5.75 Å². The van der Waals surface area contributed by atoms with Gasteiger partial charge in [0.25, 0.3) is 0 Å². The molecule has 1 saturated heterocycles. The first-order valence-corrected chi connectivity index (χ1v) is 12.3. The number of ether oxygens (including phenoxy) is 1. The number of carbonyl (C=O) groups is 1. The van der Waals surface area contributed by atoms with Crippen LogP contribution in [0, 0.1) is 4.77 Å². The van der Waals surface area contributed by atoms with E-state index in [0.29, 0.717) is 36.2 Å². The van der Waals surface area contributed by atoms with E-state index in [9.17, 15) is 9.90 Å². The third-order valence-electron chi connectivity index (χ3n) is 5.64. The number of hydrogen-bond donors (Lipinski definition) is 1. The molecule has 2 aliphatic heterocycles. The lowest BCUT2D eigenvalue weighted by molar-refractivity contribution is -0.116. The third kappa shape index (κ3) is 4.92. The van der Waals surface area contributed by atoms with Gasteiger partial charge in [-0.05, 0) is 54.2 Å². The van der Waals surface area contributed by atoms with Crippen molar-refractivity contribution in [3.63, 3.8) is 0 Å². The number of anilines is 1. The number of rotatable bonds is 6. The number of phenols is 1. The Kier molecular flexibility index (Phi) is 6.77. The standard InChI is InChI=1S/C23H24N6O3S2/c30-18-7-5-17(6-8-18)13-24-29-21(25-28(23(29)33)16-26-9-11-32-12-10-26)14-27-19-3-1-2-4-20(19)34-15-22(27)31/h1-8,13,30H,9-12,14-16H2/b24-13+. The first-order valence-electron chi connectivity index (χ1n) is 10.9. The van der Waals surface area contributed by atoms with Gasteiger partial charge < -0.3 is 14.7 Å². The molecular weight excluding hydrogens is 472 g/mol. The number of phenolic OH excluding ortho intramolecular Hbond substituents is 1. The molecule has 0 aliphatic carbocycles. The molecule has 1 amide bonds. The zero-order valence-corrected chi connectivity index (χ0v) is 20.0. The molecule has 1 fully saturated rings. The summed E-state index contributed by atoms with van der Waals surface area (Å²) in [6.07, 6.45) is 1.67. The van der Waals surface area contributed by atoms with Gasteiger partial charge in [-0.15, -0.1) is 11.8 Å². The number of morpholine rings is 1. The van der Waals surface area contributed by atoms with E-state index in [4.69, 9.17) is 22.1 Å². The summed E-state index contributed by atoms with van der Waals surface area (Å²) in [7, 11) is 0. The maximum atomic E-state index is 12.8. The van der Waals surface area contributed by atoms with Crippen LogP contribution >= 0.6 is 24.0 Å². The van der Waals surface area contributed by atoms with Gasteiger partial charge in [0.15, 0.2) is 5.82 Å². The second-order valence-corrected chi connectivity index (χ2v) is 9.34. The Labute approximate surface area is 206 Å². The highest BCUT2D eigenvalue weighted by atomic mass is 32.2. The zero-order chi connectivity index (χ0) is 23.5. The van der Waals surface area contributed by atoms with Gasteiger partial charge in [-0.25, -0.2) is 4.68 Å². The number of hydrogen-bond acceptors (Lipinski definition) is 8. The Bertz CT molecular complexity index is 1260. The van der Waals surface area contributed by atoms with Gasteiger partial charge in [-0.1, -0.05) is 12.1 Å². The summed E-state index contributed by atoms with van der Waals surface area (Å²) >= 11 is 7.28. The Morgan fingerprint density at radius 3 is 2.71 bits per heavy atom. The van der Waals surface area contributed by atoms with Gasteiger partial charge in [-0.3, -0.25) is 9.69 Å². The quantitative estimate of drug-likeness (QED) is 0.415. The minimum absolute atomic E-state index is 0.0198. The zero-order valence-electron chi connectivity index (χ0n) is 18.4. The SMILES string of the molecule is O=C1CSc2ccccc2N1Cc1nn(CN2CCOCC2)c(=S)n1/N=C/c1ccc(O)cc1. The maximum absolute atomic E-state index is 12.8. The van der Waals surface area contributed by atoms with Crippen molar-refractivity contribution in [3.05, 3.63) is 64.7 Å². The molecule has 0 atom stereocenters. The largest absolute Gasteiger partial charge is 0.508 e. The van der Waals surface area contributed by atoms with Crippen molar-refractivity contribution in [1.82, 2.24) is 19.4 Å². The predicted octanol–water partition coefficient (Wildman–Crippen LogP) is 2.93. The summed E-state index contributed by atoms with van der Waals surface area (Å²) in [5.74, 6) is 1.16. The van der Waals surface area contributed by atoms with Gasteiger partial charge in [0.1, 0.15) is 5.75 Å². The summed E-state index contributed by atoms with van der Waals surface area (Å²) in [6, 6.07) is 14.6. The van der Waals surface area contributed by atoms with Crippen molar-refractivity contribution in [2.75, 3.05) is 37.0 Å². The molecule has 1 aromatic heterocycles. The van der Waals surface area contributed by atoms with Gasteiger partial charge >= 0.3 is 0 Å². The van der Waals surface area contributed by atoms with E-state index in [0.717, 1.165) is 29.2 Å². The number of thioether (sulfide) groups is 1. The Morgan fingerprint density at radius 2 is 1.91 bits per heavy atom. The van der Waals surface area contributed by atoms with Crippen LogP contribution in [0.3, 0.4) is 0 Å². The van der Waals surface area contributed by atoms with Crippen LogP contribution in [0.4, 0.5) is 5.69 Å². The second-order valence-electron chi connectivity index (χ2n) is 7.95. The van der Waals surface area contributed by atoms with E-state index in [1.807, 2.05) is 24.3 Å². The normalized spacial score (nSPS) is 16.8. The average Bonchev–Trinajstić information content (AvgIpc) is 3.15. The summed E-state index contributed by atoms with van der Waals surface area (Å²) in [4.78, 5) is 17.9. The maximum Gasteiger partial charge on any atom is 0.237 e. The van der Waals surface area contributed by atoms with Crippen LogP contribution in [-0.2, 0) is 22.7 Å². The Balaban J connectivity index is 1.49. The monoisotopic (exact) mass is 496 g/mol. The minimum atomic E-state index is 0.0198. The highest BCUT2D eigenvalue weighted by Gasteiger charge is 2.27. The molecule has 0 bridgehead atoms. The molecule has 3 aromatic rings. The Hall–Kier alpha value is -2.99. The topological polar surface area (TPSA) is 88.1 Å². The fraction of sp³-hybridized carbons (Fsp3) is 0.304. The molecular formula is C23H24N6O3S2. The van der Waals surface area contributed by atoms with E-state index in [-0.39, 0.29) is 18.2 Å². The first-order chi connectivity index (χ1) is 16.6. The summed E-state index contributed by atoms with van der Waals surface area (Å²) in [6.45, 7) is 3.74. The van der Waals surface area contributed by atoms with Crippen LogP contribution in [0.25, 0.3) is 0 Å². The van der Waals surface area contributed by atoms with Crippen molar-refractivity contribution in [2.45, 2.75) is 18.1 Å². The second kappa shape index (κ2) is 10.1. The van der Waals surface area contributed by atoms with Gasteiger partial charge in [0.2, 0.25) is 10.7 Å². The summed E-state index contributed by atoms with van der Waals surface area (Å²) in [5.41, 5.74) is 1.67. The molecule has 176 valence electrons. The van der Waals surface area contributed by atoms with E-state index < -0.39 is 0 Å². The molecule has 1 N–H and O–H groups in total. The minimum Gasteiger partial charge on any atom is -0.508 e. The van der Waals surface area contributed by atoms with Gasteiger partial charge in [0.05, 0.1) is 44.1 Å². The van der Waals surface area contributed by atoms with Crippen LogP contribution in [-0.4, -0.2) is 68.6 Å². The highest BCUT2D eigenvalue weighted by molar-refractivity contribution is 8.00. The van der Waals surface area contributed by atoms with Crippen molar-refractivity contribution in [2.24, 2.45) is 5.10 Å². The molecule has 0 saturated carbocycles. The lowest BCUT2D eigenvalue weighted by atomic mass is 10.2. The molecule has 11 heteroatoms. The van der Waals surface area contributed by atoms with Crippen LogP contribution in [0.5, 0.6) is 5.75 Å². The molecule has 9 nitrogen and oxygen atoms in total. The molecule has 0 unspecified atom stereocenters. The lowest BCUT2D eigenvalue weighted by Gasteiger charge is -2.28. The van der Waals surface area contributed by atoms with Crippen molar-refractivity contribution >= 4 is 41.8 Å². The highest BCUT2D eigenvalue weighted by Crippen LogP contribution is 2.35. The number of para-hydroxylation sites is 1. The first kappa shape index (κ1) is 22.8. The van der Waals surface area contributed by atoms with Crippen LogP contribution in [0.1, 0.15) is 11.4 Å². The number of amides is 1. The molecule has 34 heavy (non-hydrogen) atoms. The fourth-order valence-corrected chi connectivity index (χ4v) is 5.02. The van der Waals surface area contributed by atoms with E-state index >= 15 is 0 Å². The molecule has 2 aliphatic rings. The Morgan fingerprint density at radius 1 is 1.15 bits per heavy atom. The summed E-state index contributed by atoms with van der Waals surface area (Å²) < 4.78 is 9.26. The van der Waals surface area contributed by atoms with E-state index in [2.05, 4.69) is 10.0 Å². The van der Waals surface area contributed by atoms with Gasteiger partial charge in [-0.2, -0.15) is 14.9 Å². The number of fused-ring (bicyclic) bond motifs is 1. The lowest BCUT2D eigenvalue weighted by Crippen LogP contribution is -2.38. The van der Waals surface area contributed by atoms with Crippen LogP contribution in [0.2, 0.25) is 0 Å². The fourth-order valence-electron chi connectivity index (χ4n) is 3.84. The van der Waals surface area contributed by atoms with E-state index in [1.165, 1.54) is 0 Å². The molecule has 3 heterocycles. The van der Waals surface area contributed by atoms with Crippen LogP contribution in [0.15, 0.2) is 58.5 Å². The molecule has 5 rings (SSSR count). The predicted molar refractivity (Wildman–Crippen MR) is 133 cm³/mol. The summed E-state index contributed by atoms with van der Waals surface area (Å²) in [5, 5.41) is 18.9. The molecule has 2 aromatic carbocycles. The van der Waals surface area contributed by atoms with Crippen molar-refractivity contribution < 1.29 is 14.6 Å². The third-order valence-corrected chi connectivity index (χ3v) is 7.07. The number of carbonyl (C=O) groups excluding carboxylic acids is 1. The average molecular weight is 497 g/mol. The number of nitrogens with zero attached hydrogens (tertiary/aromatic N) is 6. The number of aromatic nitrogens is 3. The number of benzene rings is 2. The van der Waals surface area contributed by atoms with Crippen molar-refractivity contribution in [1.29, 1.82) is 0 Å². The van der Waals surface area contributed by atoms with Crippen LogP contribution < -0.4 is 4.90 Å². The van der Waals surface area contributed by atoms with E-state index in [1.54, 1.807) is 56.5 Å².